The first kappa shape index (κ1) is 18.3. The van der Waals surface area contributed by atoms with E-state index in [1.54, 1.807) is 53.7 Å². The molecule has 134 valence electrons. The fourth-order valence-corrected chi connectivity index (χ4v) is 3.89. The molecule has 8 heteroatoms. The summed E-state index contributed by atoms with van der Waals surface area (Å²) in [5.74, 6) is 0.879. The predicted octanol–water partition coefficient (Wildman–Crippen LogP) is 2.90. The monoisotopic (exact) mass is 387 g/mol. The number of nitrogens with zero attached hydrogens (tertiary/aromatic N) is 2. The van der Waals surface area contributed by atoms with Crippen LogP contribution in [0.5, 0.6) is 0 Å². The van der Waals surface area contributed by atoms with E-state index in [-0.39, 0.29) is 12.5 Å². The maximum Gasteiger partial charge on any atom is 0.338 e. The van der Waals surface area contributed by atoms with Gasteiger partial charge in [0.25, 0.3) is 5.91 Å². The summed E-state index contributed by atoms with van der Waals surface area (Å²) in [6, 6.07) is 9.03. The van der Waals surface area contributed by atoms with Crippen LogP contribution in [0.1, 0.15) is 15.2 Å². The minimum Gasteiger partial charge on any atom is -0.452 e. The summed E-state index contributed by atoms with van der Waals surface area (Å²) >= 11 is 3.47. The second kappa shape index (κ2) is 9.30. The van der Waals surface area contributed by atoms with Crippen LogP contribution in [-0.4, -0.2) is 40.7 Å². The third kappa shape index (κ3) is 5.27. The number of carbonyl (C=O) groups excluding carboxylic acids is 2. The Morgan fingerprint density at radius 1 is 1.15 bits per heavy atom. The van der Waals surface area contributed by atoms with Crippen molar-refractivity contribution in [3.63, 3.8) is 0 Å². The molecule has 0 aliphatic heterocycles. The van der Waals surface area contributed by atoms with Gasteiger partial charge in [-0.05, 0) is 29.6 Å². The largest absolute Gasteiger partial charge is 0.452 e. The molecule has 1 amide bonds. The van der Waals surface area contributed by atoms with Crippen LogP contribution < -0.4 is 5.32 Å². The average Bonchev–Trinajstić information content (AvgIpc) is 3.19. The quantitative estimate of drug-likeness (QED) is 0.473. The van der Waals surface area contributed by atoms with Gasteiger partial charge in [0.1, 0.15) is 0 Å². The summed E-state index contributed by atoms with van der Waals surface area (Å²) in [5, 5.41) is 4.79. The van der Waals surface area contributed by atoms with Gasteiger partial charge in [-0.3, -0.25) is 14.8 Å². The number of hydrogen-bond donors (Lipinski definition) is 1. The number of nitrogens with one attached hydrogen (secondary N) is 1. The lowest BCUT2D eigenvalue weighted by Crippen LogP contribution is -2.30. The average molecular weight is 387 g/mol. The van der Waals surface area contributed by atoms with Crippen molar-refractivity contribution in [2.75, 3.05) is 18.9 Å². The molecule has 3 rings (SSSR count). The standard InChI is InChI=1S/C18H17N3O3S2/c22-17(21-7-9-25-12-14-2-1-8-26-14)11-24-18(23)13-3-4-15-16(10-13)20-6-5-19-15/h1-6,8,10H,7,9,11-12H2,(H,21,22). The zero-order valence-electron chi connectivity index (χ0n) is 13.9. The highest BCUT2D eigenvalue weighted by Gasteiger charge is 2.11. The number of fused-ring (bicyclic) bond motifs is 1. The van der Waals surface area contributed by atoms with Crippen LogP contribution in [0.2, 0.25) is 0 Å². The van der Waals surface area contributed by atoms with Crippen molar-refractivity contribution < 1.29 is 14.3 Å². The van der Waals surface area contributed by atoms with Crippen molar-refractivity contribution in [3.05, 3.63) is 58.5 Å². The molecule has 1 aromatic carbocycles. The van der Waals surface area contributed by atoms with Crippen molar-refractivity contribution in [1.29, 1.82) is 0 Å². The molecule has 0 atom stereocenters. The Hall–Kier alpha value is -2.45. The van der Waals surface area contributed by atoms with Gasteiger partial charge in [0.15, 0.2) is 6.61 Å². The maximum atomic E-state index is 12.0. The van der Waals surface area contributed by atoms with E-state index in [4.69, 9.17) is 4.74 Å². The maximum absolute atomic E-state index is 12.0. The highest BCUT2D eigenvalue weighted by molar-refractivity contribution is 7.98. The van der Waals surface area contributed by atoms with E-state index >= 15 is 0 Å². The van der Waals surface area contributed by atoms with E-state index in [0.29, 0.717) is 23.1 Å². The number of esters is 1. The summed E-state index contributed by atoms with van der Waals surface area (Å²) in [4.78, 5) is 33.4. The van der Waals surface area contributed by atoms with Gasteiger partial charge in [0, 0.05) is 35.3 Å². The molecule has 0 radical (unpaired) electrons. The Morgan fingerprint density at radius 2 is 2.00 bits per heavy atom. The number of amides is 1. The number of carbonyl (C=O) groups is 2. The molecule has 0 fully saturated rings. The number of ether oxygens (including phenoxy) is 1. The lowest BCUT2D eigenvalue weighted by atomic mass is 10.2. The van der Waals surface area contributed by atoms with Crippen LogP contribution in [0.3, 0.4) is 0 Å². The minimum atomic E-state index is -0.556. The van der Waals surface area contributed by atoms with E-state index < -0.39 is 5.97 Å². The molecule has 0 saturated carbocycles. The molecule has 6 nitrogen and oxygen atoms in total. The van der Waals surface area contributed by atoms with Gasteiger partial charge in [-0.15, -0.1) is 11.3 Å². The van der Waals surface area contributed by atoms with E-state index in [9.17, 15) is 9.59 Å². The van der Waals surface area contributed by atoms with Crippen LogP contribution >= 0.6 is 23.1 Å². The molecule has 26 heavy (non-hydrogen) atoms. The van der Waals surface area contributed by atoms with Gasteiger partial charge >= 0.3 is 5.97 Å². The van der Waals surface area contributed by atoms with Crippen molar-refractivity contribution in [2.24, 2.45) is 0 Å². The van der Waals surface area contributed by atoms with E-state index in [0.717, 1.165) is 11.5 Å². The van der Waals surface area contributed by atoms with Crippen molar-refractivity contribution in [3.8, 4) is 0 Å². The molecule has 2 aromatic heterocycles. The second-order valence-corrected chi connectivity index (χ2v) is 7.46. The molecule has 0 unspecified atom stereocenters. The molecule has 3 aromatic rings. The Kier molecular flexibility index (Phi) is 6.56. The van der Waals surface area contributed by atoms with Gasteiger partial charge < -0.3 is 10.1 Å². The molecule has 2 heterocycles. The van der Waals surface area contributed by atoms with Crippen LogP contribution in [0.4, 0.5) is 0 Å². The number of benzene rings is 1. The molecule has 0 spiro atoms. The third-order valence-corrected chi connectivity index (χ3v) is 5.50. The smallest absolute Gasteiger partial charge is 0.338 e. The number of rotatable bonds is 8. The first-order valence-corrected chi connectivity index (χ1v) is 10.0. The summed E-state index contributed by atoms with van der Waals surface area (Å²) in [7, 11) is 0. The van der Waals surface area contributed by atoms with E-state index in [1.165, 1.54) is 4.88 Å². The summed E-state index contributed by atoms with van der Waals surface area (Å²) in [6.45, 7) is 0.241. The fourth-order valence-electron chi connectivity index (χ4n) is 2.19. The van der Waals surface area contributed by atoms with Gasteiger partial charge in [-0.2, -0.15) is 11.8 Å². The lowest BCUT2D eigenvalue weighted by Gasteiger charge is -2.07. The predicted molar refractivity (Wildman–Crippen MR) is 103 cm³/mol. The number of hydrogen-bond acceptors (Lipinski definition) is 7. The SMILES string of the molecule is O=C(COC(=O)c1ccc2nccnc2c1)NCCSCc1cccs1. The molecule has 0 bridgehead atoms. The highest BCUT2D eigenvalue weighted by Crippen LogP contribution is 2.16. The van der Waals surface area contributed by atoms with E-state index in [1.807, 2.05) is 11.4 Å². The van der Waals surface area contributed by atoms with Gasteiger partial charge in [0.2, 0.25) is 0 Å². The van der Waals surface area contributed by atoms with Crippen molar-refractivity contribution >= 4 is 46.0 Å². The molecule has 1 N–H and O–H groups in total. The summed E-state index contributed by atoms with van der Waals surface area (Å²) < 4.78 is 5.05. The molecule has 0 saturated heterocycles. The normalized spacial score (nSPS) is 10.6. The Morgan fingerprint density at radius 3 is 2.81 bits per heavy atom. The highest BCUT2D eigenvalue weighted by atomic mass is 32.2. The van der Waals surface area contributed by atoms with E-state index in [2.05, 4.69) is 21.4 Å². The number of aromatic nitrogens is 2. The molecular formula is C18H17N3O3S2. The van der Waals surface area contributed by atoms with Crippen LogP contribution in [0.15, 0.2) is 48.1 Å². The second-order valence-electron chi connectivity index (χ2n) is 5.32. The molecule has 0 aliphatic carbocycles. The molecular weight excluding hydrogens is 370 g/mol. The molecule has 0 aliphatic rings. The third-order valence-electron chi connectivity index (χ3n) is 3.43. The zero-order valence-corrected chi connectivity index (χ0v) is 15.5. The van der Waals surface area contributed by atoms with Crippen molar-refractivity contribution in [2.45, 2.75) is 5.75 Å². The summed E-state index contributed by atoms with van der Waals surface area (Å²) in [5.41, 5.74) is 1.65. The summed E-state index contributed by atoms with van der Waals surface area (Å²) in [6.07, 6.45) is 3.14. The number of thiophene rings is 1. The van der Waals surface area contributed by atoms with Gasteiger partial charge in [-0.1, -0.05) is 6.07 Å². The van der Waals surface area contributed by atoms with Gasteiger partial charge in [0.05, 0.1) is 16.6 Å². The van der Waals surface area contributed by atoms with Crippen molar-refractivity contribution in [1.82, 2.24) is 15.3 Å². The van der Waals surface area contributed by atoms with Crippen LogP contribution in [-0.2, 0) is 15.3 Å². The first-order chi connectivity index (χ1) is 12.7. The topological polar surface area (TPSA) is 81.2 Å². The Labute approximate surface area is 159 Å². The fraction of sp³-hybridized carbons (Fsp3) is 0.222. The Bertz CT molecular complexity index is 884. The van der Waals surface area contributed by atoms with Gasteiger partial charge in [-0.25, -0.2) is 4.79 Å². The van der Waals surface area contributed by atoms with Crippen LogP contribution in [0, 0.1) is 0 Å². The van der Waals surface area contributed by atoms with Crippen LogP contribution in [0.25, 0.3) is 11.0 Å². The lowest BCUT2D eigenvalue weighted by molar-refractivity contribution is -0.124. The minimum absolute atomic E-state index is 0.299. The Balaban J connectivity index is 1.37. The number of thioether (sulfide) groups is 1. The first-order valence-electron chi connectivity index (χ1n) is 7.97. The zero-order chi connectivity index (χ0) is 18.2.